The molecule has 2 aromatic carbocycles. The summed E-state index contributed by atoms with van der Waals surface area (Å²) in [5, 5.41) is 2.84. The zero-order chi connectivity index (χ0) is 20.0. The summed E-state index contributed by atoms with van der Waals surface area (Å²) >= 11 is 0. The SMILES string of the molecule is Cc1cccc(NS(=O)(=O)c2ccc(C(=O)NCCCN(C)C)cc2)c1C. The van der Waals surface area contributed by atoms with Crippen LogP contribution in [0.25, 0.3) is 0 Å². The minimum Gasteiger partial charge on any atom is -0.352 e. The Labute approximate surface area is 161 Å². The van der Waals surface area contributed by atoms with Gasteiger partial charge in [-0.2, -0.15) is 0 Å². The van der Waals surface area contributed by atoms with Crippen molar-refractivity contribution in [1.29, 1.82) is 0 Å². The van der Waals surface area contributed by atoms with Crippen molar-refractivity contribution in [2.45, 2.75) is 25.2 Å². The molecule has 0 spiro atoms. The first-order chi connectivity index (χ1) is 12.7. The maximum atomic E-state index is 12.6. The van der Waals surface area contributed by atoms with Crippen LogP contribution in [-0.2, 0) is 10.0 Å². The zero-order valence-corrected chi connectivity index (χ0v) is 17.1. The highest BCUT2D eigenvalue weighted by atomic mass is 32.2. The second-order valence-electron chi connectivity index (χ2n) is 6.79. The van der Waals surface area contributed by atoms with E-state index in [9.17, 15) is 13.2 Å². The van der Waals surface area contributed by atoms with Crippen LogP contribution in [0.2, 0.25) is 0 Å². The van der Waals surface area contributed by atoms with Crippen molar-refractivity contribution in [2.24, 2.45) is 0 Å². The van der Waals surface area contributed by atoms with Crippen LogP contribution in [0.3, 0.4) is 0 Å². The molecule has 0 heterocycles. The van der Waals surface area contributed by atoms with E-state index in [2.05, 4.69) is 14.9 Å². The molecule has 0 unspecified atom stereocenters. The van der Waals surface area contributed by atoms with E-state index >= 15 is 0 Å². The largest absolute Gasteiger partial charge is 0.352 e. The average Bonchev–Trinajstić information content (AvgIpc) is 2.62. The lowest BCUT2D eigenvalue weighted by Gasteiger charge is -2.13. The molecule has 0 fully saturated rings. The van der Waals surface area contributed by atoms with Gasteiger partial charge >= 0.3 is 0 Å². The van der Waals surface area contributed by atoms with Crippen molar-refractivity contribution in [3.63, 3.8) is 0 Å². The number of carbonyl (C=O) groups is 1. The third-order valence-corrected chi connectivity index (χ3v) is 5.72. The number of anilines is 1. The van der Waals surface area contributed by atoms with E-state index in [1.807, 2.05) is 40.1 Å². The number of benzene rings is 2. The van der Waals surface area contributed by atoms with Crippen LogP contribution in [0, 0.1) is 13.8 Å². The topological polar surface area (TPSA) is 78.5 Å². The van der Waals surface area contributed by atoms with Crippen molar-refractivity contribution in [3.05, 3.63) is 59.2 Å². The van der Waals surface area contributed by atoms with E-state index in [1.165, 1.54) is 24.3 Å². The van der Waals surface area contributed by atoms with Crippen molar-refractivity contribution in [2.75, 3.05) is 31.9 Å². The molecule has 2 aromatic rings. The molecule has 146 valence electrons. The van der Waals surface area contributed by atoms with Gasteiger partial charge in [-0.25, -0.2) is 8.42 Å². The maximum Gasteiger partial charge on any atom is 0.261 e. The van der Waals surface area contributed by atoms with E-state index in [1.54, 1.807) is 6.07 Å². The van der Waals surface area contributed by atoms with Gasteiger partial charge in [0.1, 0.15) is 0 Å². The van der Waals surface area contributed by atoms with Crippen LogP contribution in [0.5, 0.6) is 0 Å². The summed E-state index contributed by atoms with van der Waals surface area (Å²) in [6.07, 6.45) is 0.852. The third-order valence-electron chi connectivity index (χ3n) is 4.34. The number of nitrogens with zero attached hydrogens (tertiary/aromatic N) is 1. The summed E-state index contributed by atoms with van der Waals surface area (Å²) in [4.78, 5) is 14.3. The molecular weight excluding hydrogens is 362 g/mol. The molecule has 2 rings (SSSR count). The van der Waals surface area contributed by atoms with Gasteiger partial charge in [-0.15, -0.1) is 0 Å². The number of hydrogen-bond donors (Lipinski definition) is 2. The standard InChI is InChI=1S/C20H27N3O3S/c1-15-7-5-8-19(16(15)2)22-27(25,26)18-11-9-17(10-12-18)20(24)21-13-6-14-23(3)4/h5,7-12,22H,6,13-14H2,1-4H3,(H,21,24). The molecule has 0 saturated heterocycles. The molecule has 0 aromatic heterocycles. The number of nitrogens with one attached hydrogen (secondary N) is 2. The lowest BCUT2D eigenvalue weighted by Crippen LogP contribution is -2.27. The molecular formula is C20H27N3O3S. The predicted molar refractivity (Wildman–Crippen MR) is 109 cm³/mol. The van der Waals surface area contributed by atoms with Crippen LogP contribution in [0.15, 0.2) is 47.4 Å². The maximum absolute atomic E-state index is 12.6. The Hall–Kier alpha value is -2.38. The number of aryl methyl sites for hydroxylation is 1. The fraction of sp³-hybridized carbons (Fsp3) is 0.350. The first-order valence-corrected chi connectivity index (χ1v) is 10.3. The second-order valence-corrected chi connectivity index (χ2v) is 8.47. The number of sulfonamides is 1. The highest BCUT2D eigenvalue weighted by molar-refractivity contribution is 7.92. The van der Waals surface area contributed by atoms with Crippen LogP contribution >= 0.6 is 0 Å². The van der Waals surface area contributed by atoms with Crippen molar-refractivity contribution in [3.8, 4) is 0 Å². The first-order valence-electron chi connectivity index (χ1n) is 8.83. The number of rotatable bonds is 8. The third kappa shape index (κ3) is 5.80. The van der Waals surface area contributed by atoms with Crippen LogP contribution in [-0.4, -0.2) is 46.4 Å². The van der Waals surface area contributed by atoms with E-state index in [0.717, 1.165) is 24.1 Å². The van der Waals surface area contributed by atoms with E-state index in [4.69, 9.17) is 0 Å². The molecule has 0 aliphatic rings. The van der Waals surface area contributed by atoms with Gasteiger partial charge in [0.25, 0.3) is 15.9 Å². The Morgan fingerprint density at radius 1 is 1.04 bits per heavy atom. The number of carbonyl (C=O) groups excluding carboxylic acids is 1. The molecule has 0 aliphatic carbocycles. The lowest BCUT2D eigenvalue weighted by atomic mass is 10.1. The molecule has 0 atom stereocenters. The molecule has 0 saturated carbocycles. The van der Waals surface area contributed by atoms with Crippen LogP contribution in [0.4, 0.5) is 5.69 Å². The highest BCUT2D eigenvalue weighted by Gasteiger charge is 2.16. The zero-order valence-electron chi connectivity index (χ0n) is 16.2. The summed E-state index contributed by atoms with van der Waals surface area (Å²) < 4.78 is 27.8. The van der Waals surface area contributed by atoms with Crippen molar-refractivity contribution in [1.82, 2.24) is 10.2 Å². The minimum absolute atomic E-state index is 0.118. The molecule has 1 amide bonds. The fourth-order valence-corrected chi connectivity index (χ4v) is 3.67. The Kier molecular flexibility index (Phi) is 6.98. The summed E-state index contributed by atoms with van der Waals surface area (Å²) in [7, 11) is 0.246. The monoisotopic (exact) mass is 389 g/mol. The van der Waals surface area contributed by atoms with Gasteiger partial charge in [-0.1, -0.05) is 12.1 Å². The van der Waals surface area contributed by atoms with Crippen molar-refractivity contribution < 1.29 is 13.2 Å². The van der Waals surface area contributed by atoms with E-state index in [-0.39, 0.29) is 10.8 Å². The van der Waals surface area contributed by atoms with Gasteiger partial charge in [-0.3, -0.25) is 9.52 Å². The summed E-state index contributed by atoms with van der Waals surface area (Å²) in [6, 6.07) is 11.4. The average molecular weight is 390 g/mol. The molecule has 7 heteroatoms. The summed E-state index contributed by atoms with van der Waals surface area (Å²) in [5.74, 6) is -0.208. The van der Waals surface area contributed by atoms with E-state index < -0.39 is 10.0 Å². The van der Waals surface area contributed by atoms with Gasteiger partial charge < -0.3 is 10.2 Å². The van der Waals surface area contributed by atoms with Gasteiger partial charge in [0.2, 0.25) is 0 Å². The lowest BCUT2D eigenvalue weighted by molar-refractivity contribution is 0.0952. The number of hydrogen-bond acceptors (Lipinski definition) is 4. The summed E-state index contributed by atoms with van der Waals surface area (Å²) in [6.45, 7) is 5.27. The van der Waals surface area contributed by atoms with Gasteiger partial charge in [-0.05, 0) is 82.4 Å². The molecule has 6 nitrogen and oxygen atoms in total. The van der Waals surface area contributed by atoms with E-state index in [0.29, 0.717) is 17.8 Å². The van der Waals surface area contributed by atoms with Gasteiger partial charge in [0.15, 0.2) is 0 Å². The normalized spacial score (nSPS) is 11.4. The quantitative estimate of drug-likeness (QED) is 0.681. The molecule has 27 heavy (non-hydrogen) atoms. The Balaban J connectivity index is 2.05. The summed E-state index contributed by atoms with van der Waals surface area (Å²) in [5.41, 5.74) is 2.88. The highest BCUT2D eigenvalue weighted by Crippen LogP contribution is 2.22. The van der Waals surface area contributed by atoms with Crippen LogP contribution in [0.1, 0.15) is 27.9 Å². The van der Waals surface area contributed by atoms with Crippen LogP contribution < -0.4 is 10.0 Å². The predicted octanol–water partition coefficient (Wildman–Crippen LogP) is 2.79. The van der Waals surface area contributed by atoms with Crippen molar-refractivity contribution >= 4 is 21.6 Å². The molecule has 0 aliphatic heterocycles. The molecule has 2 N–H and O–H groups in total. The number of amides is 1. The van der Waals surface area contributed by atoms with Gasteiger partial charge in [0, 0.05) is 12.1 Å². The second kappa shape index (κ2) is 9.01. The first kappa shape index (κ1) is 20.9. The fourth-order valence-electron chi connectivity index (χ4n) is 2.55. The molecule has 0 radical (unpaired) electrons. The Morgan fingerprint density at radius 2 is 1.70 bits per heavy atom. The van der Waals surface area contributed by atoms with Gasteiger partial charge in [0.05, 0.1) is 10.6 Å². The molecule has 0 bridgehead atoms. The Morgan fingerprint density at radius 3 is 2.33 bits per heavy atom. The minimum atomic E-state index is -3.71. The Bertz CT molecular complexity index is 891. The smallest absolute Gasteiger partial charge is 0.261 e.